The van der Waals surface area contributed by atoms with Crippen LogP contribution < -0.4 is 5.73 Å². The number of ether oxygens (including phenoxy) is 1. The van der Waals surface area contributed by atoms with Gasteiger partial charge < -0.3 is 15.6 Å². The molecule has 4 N–H and O–H groups in total. The average Bonchev–Trinajstić information content (AvgIpc) is 2.97. The number of aromatic nitrogens is 2. The maximum atomic E-state index is 13.3. The molecule has 0 aliphatic heterocycles. The topological polar surface area (TPSA) is 97.2 Å². The molecule has 1 fully saturated rings. The van der Waals surface area contributed by atoms with Crippen LogP contribution in [0.5, 0.6) is 0 Å². The highest BCUT2D eigenvalue weighted by Crippen LogP contribution is 2.26. The van der Waals surface area contributed by atoms with E-state index in [0.717, 1.165) is 17.4 Å². The van der Waals surface area contributed by atoms with Gasteiger partial charge in [0.15, 0.2) is 5.82 Å². The first-order chi connectivity index (χ1) is 12.0. The summed E-state index contributed by atoms with van der Waals surface area (Å²) in [5, 5.41) is 17.8. The van der Waals surface area contributed by atoms with Gasteiger partial charge in [0.05, 0.1) is 17.1 Å². The molecule has 0 bridgehead atoms. The normalized spacial score (nSPS) is 21.7. The van der Waals surface area contributed by atoms with Gasteiger partial charge in [-0.15, -0.1) is 0 Å². The van der Waals surface area contributed by atoms with Crippen molar-refractivity contribution in [1.82, 2.24) is 9.55 Å². The van der Waals surface area contributed by atoms with Crippen molar-refractivity contribution in [2.24, 2.45) is 5.73 Å². The molecule has 134 valence electrons. The van der Waals surface area contributed by atoms with Gasteiger partial charge in [-0.25, -0.2) is 13.8 Å². The van der Waals surface area contributed by atoms with Gasteiger partial charge in [0.2, 0.25) is 5.90 Å². The Bertz CT molecular complexity index is 803. The van der Waals surface area contributed by atoms with Crippen molar-refractivity contribution in [3.8, 4) is 0 Å². The second-order valence-electron chi connectivity index (χ2n) is 6.04. The molecular weight excluding hydrogens is 330 g/mol. The Labute approximate surface area is 143 Å². The van der Waals surface area contributed by atoms with Crippen molar-refractivity contribution in [3.05, 3.63) is 36.2 Å². The number of imidazole rings is 1. The number of fused-ring (bicyclic) bond motifs is 1. The maximum absolute atomic E-state index is 13.3. The van der Waals surface area contributed by atoms with E-state index < -0.39 is 24.5 Å². The lowest BCUT2D eigenvalue weighted by atomic mass is 9.95. The number of aliphatic hydroxyl groups excluding tert-OH is 1. The lowest BCUT2D eigenvalue weighted by molar-refractivity contribution is -0.00000493. The molecule has 6 nitrogen and oxygen atoms in total. The van der Waals surface area contributed by atoms with Crippen molar-refractivity contribution >= 4 is 22.8 Å². The number of aliphatic hydroxyl groups is 1. The molecule has 0 amide bonds. The fourth-order valence-corrected chi connectivity index (χ4v) is 3.07. The molecule has 0 spiro atoms. The minimum atomic E-state index is -2.81. The molecular formula is C17H20F2N4O2. The molecule has 1 aliphatic rings. The minimum Gasteiger partial charge on any atom is -0.472 e. The monoisotopic (exact) mass is 350 g/mol. The summed E-state index contributed by atoms with van der Waals surface area (Å²) in [4.78, 5) is 3.91. The molecule has 1 heterocycles. The van der Waals surface area contributed by atoms with E-state index in [2.05, 4.69) is 4.98 Å². The van der Waals surface area contributed by atoms with E-state index in [1.807, 2.05) is 0 Å². The Hall–Kier alpha value is -2.48. The molecule has 8 heteroatoms. The summed E-state index contributed by atoms with van der Waals surface area (Å²) in [6.07, 6.45) is 0.359. The number of para-hydroxylation sites is 2. The van der Waals surface area contributed by atoms with E-state index in [1.54, 1.807) is 24.3 Å². The number of benzene rings is 1. The molecule has 25 heavy (non-hydrogen) atoms. The molecule has 2 atom stereocenters. The van der Waals surface area contributed by atoms with Crippen LogP contribution >= 0.6 is 0 Å². The van der Waals surface area contributed by atoms with Crippen LogP contribution in [0.4, 0.5) is 8.78 Å². The molecule has 1 aromatic heterocycles. The summed E-state index contributed by atoms with van der Waals surface area (Å²) in [5.41, 5.74) is 6.77. The summed E-state index contributed by atoms with van der Waals surface area (Å²) < 4.78 is 33.2. The second kappa shape index (κ2) is 7.18. The molecule has 2 aromatic rings. The second-order valence-corrected chi connectivity index (χ2v) is 6.04. The minimum absolute atomic E-state index is 0.0840. The van der Waals surface area contributed by atoms with Gasteiger partial charge in [0.1, 0.15) is 11.9 Å². The van der Waals surface area contributed by atoms with Crippen LogP contribution in [0.15, 0.2) is 30.3 Å². The van der Waals surface area contributed by atoms with Gasteiger partial charge in [0, 0.05) is 6.08 Å². The average molecular weight is 350 g/mol. The Morgan fingerprint density at radius 3 is 2.80 bits per heavy atom. The quantitative estimate of drug-likeness (QED) is 0.583. The first-order valence-corrected chi connectivity index (χ1v) is 8.13. The predicted molar refractivity (Wildman–Crippen MR) is 90.2 cm³/mol. The lowest BCUT2D eigenvalue weighted by Gasteiger charge is -2.27. The molecule has 1 aliphatic carbocycles. The van der Waals surface area contributed by atoms with Crippen molar-refractivity contribution in [2.75, 3.05) is 0 Å². The molecule has 0 saturated heterocycles. The van der Waals surface area contributed by atoms with Crippen LogP contribution in [0.1, 0.15) is 37.9 Å². The van der Waals surface area contributed by atoms with Gasteiger partial charge in [-0.2, -0.15) is 0 Å². The van der Waals surface area contributed by atoms with Gasteiger partial charge in [0.25, 0.3) is 6.43 Å². The first-order valence-electron chi connectivity index (χ1n) is 8.13. The smallest absolute Gasteiger partial charge is 0.296 e. The Morgan fingerprint density at radius 1 is 1.36 bits per heavy atom. The van der Waals surface area contributed by atoms with Crippen LogP contribution in [-0.4, -0.2) is 32.8 Å². The van der Waals surface area contributed by atoms with Crippen LogP contribution in [-0.2, 0) is 4.74 Å². The van der Waals surface area contributed by atoms with E-state index in [-0.39, 0.29) is 11.7 Å². The van der Waals surface area contributed by atoms with E-state index in [0.29, 0.717) is 23.9 Å². The molecule has 0 radical (unpaired) electrons. The van der Waals surface area contributed by atoms with E-state index in [1.165, 1.54) is 6.08 Å². The fraction of sp³-hybridized carbons (Fsp3) is 0.412. The summed E-state index contributed by atoms with van der Waals surface area (Å²) in [6.45, 7) is 0. The highest BCUT2D eigenvalue weighted by Gasteiger charge is 2.25. The standard InChI is InChI=1S/C17H20F2N4O2/c18-16(19)17-22-10-5-1-2-6-11(10)23(17)14(20)9-15(21)25-13-8-4-3-7-12(13)24/h1-2,5-6,9,12-13,16,21,24H,3-4,7-8,20H2/b14-9+,21-15?/t12-,13+/m1/s1. The van der Waals surface area contributed by atoms with Crippen molar-refractivity contribution < 1.29 is 18.6 Å². The Kier molecular flexibility index (Phi) is 4.98. The predicted octanol–water partition coefficient (Wildman–Crippen LogP) is 3.03. The Balaban J connectivity index is 1.87. The number of nitrogens with zero attached hydrogens (tertiary/aromatic N) is 2. The van der Waals surface area contributed by atoms with Crippen LogP contribution in [0.25, 0.3) is 16.9 Å². The summed E-state index contributed by atoms with van der Waals surface area (Å²) in [7, 11) is 0. The maximum Gasteiger partial charge on any atom is 0.296 e. The van der Waals surface area contributed by atoms with E-state index in [4.69, 9.17) is 15.9 Å². The highest BCUT2D eigenvalue weighted by molar-refractivity contribution is 5.91. The SMILES string of the molecule is N=C(/C=C(\N)n1c(C(F)F)nc2ccccc21)O[C@H]1CCCC[C@H]1O. The number of hydrogen-bond acceptors (Lipinski definition) is 5. The molecule has 3 rings (SSSR count). The first kappa shape index (κ1) is 17.3. The highest BCUT2D eigenvalue weighted by atomic mass is 19.3. The fourth-order valence-electron chi connectivity index (χ4n) is 3.07. The molecule has 1 aromatic carbocycles. The van der Waals surface area contributed by atoms with Gasteiger partial charge >= 0.3 is 0 Å². The van der Waals surface area contributed by atoms with Crippen molar-refractivity contribution in [3.63, 3.8) is 0 Å². The molecule has 1 saturated carbocycles. The van der Waals surface area contributed by atoms with Crippen molar-refractivity contribution in [2.45, 2.75) is 44.3 Å². The van der Waals surface area contributed by atoms with Crippen LogP contribution in [0.2, 0.25) is 0 Å². The van der Waals surface area contributed by atoms with Crippen molar-refractivity contribution in [1.29, 1.82) is 5.41 Å². The summed E-state index contributed by atoms with van der Waals surface area (Å²) in [5.74, 6) is -0.846. The third-order valence-corrected chi connectivity index (χ3v) is 4.27. The van der Waals surface area contributed by atoms with Gasteiger partial charge in [-0.3, -0.25) is 9.98 Å². The lowest BCUT2D eigenvalue weighted by Crippen LogP contribution is -2.33. The van der Waals surface area contributed by atoms with Crippen LogP contribution in [0, 0.1) is 5.41 Å². The van der Waals surface area contributed by atoms with E-state index in [9.17, 15) is 13.9 Å². The number of nitrogens with one attached hydrogen (secondary N) is 1. The van der Waals surface area contributed by atoms with Gasteiger partial charge in [-0.1, -0.05) is 18.6 Å². The third-order valence-electron chi connectivity index (χ3n) is 4.27. The largest absolute Gasteiger partial charge is 0.472 e. The zero-order chi connectivity index (χ0) is 18.0. The number of rotatable bonds is 4. The zero-order valence-corrected chi connectivity index (χ0v) is 13.5. The summed E-state index contributed by atoms with van der Waals surface area (Å²) in [6, 6.07) is 6.64. The molecule has 0 unspecified atom stereocenters. The number of nitrogens with two attached hydrogens (primary N) is 1. The third kappa shape index (κ3) is 3.63. The Morgan fingerprint density at radius 2 is 2.08 bits per heavy atom. The summed E-state index contributed by atoms with van der Waals surface area (Å²) >= 11 is 0. The van der Waals surface area contributed by atoms with Crippen LogP contribution in [0.3, 0.4) is 0 Å². The van der Waals surface area contributed by atoms with E-state index >= 15 is 0 Å². The van der Waals surface area contributed by atoms with Gasteiger partial charge in [-0.05, 0) is 31.4 Å². The zero-order valence-electron chi connectivity index (χ0n) is 13.5. The number of hydrogen-bond donors (Lipinski definition) is 3. The number of halogens is 2. The number of alkyl halides is 2.